The first-order chi connectivity index (χ1) is 12.3. The predicted octanol–water partition coefficient (Wildman–Crippen LogP) is 3.19. The standard InChI is InChI=1S/C21H21N3O/c25-21(19-9-8-17-5-1-2-6-18(17)15-19)24-13-11-23(12-14-24)16-20-7-3-4-10-22-20/h1-10,15H,11-14,16H2. The third-order valence-corrected chi connectivity index (χ3v) is 4.77. The normalized spacial score (nSPS) is 15.4. The summed E-state index contributed by atoms with van der Waals surface area (Å²) in [7, 11) is 0. The lowest BCUT2D eigenvalue weighted by molar-refractivity contribution is 0.0627. The minimum Gasteiger partial charge on any atom is -0.336 e. The van der Waals surface area contributed by atoms with E-state index in [-0.39, 0.29) is 5.91 Å². The van der Waals surface area contributed by atoms with Gasteiger partial charge in [0.05, 0.1) is 5.69 Å². The zero-order valence-electron chi connectivity index (χ0n) is 14.1. The summed E-state index contributed by atoms with van der Waals surface area (Å²) in [6.45, 7) is 4.14. The van der Waals surface area contributed by atoms with E-state index < -0.39 is 0 Å². The Labute approximate surface area is 147 Å². The van der Waals surface area contributed by atoms with Crippen LogP contribution in [0.4, 0.5) is 0 Å². The van der Waals surface area contributed by atoms with Crippen molar-refractivity contribution in [1.82, 2.24) is 14.8 Å². The van der Waals surface area contributed by atoms with Crippen molar-refractivity contribution in [3.63, 3.8) is 0 Å². The summed E-state index contributed by atoms with van der Waals surface area (Å²) < 4.78 is 0. The van der Waals surface area contributed by atoms with Gasteiger partial charge in [-0.3, -0.25) is 14.7 Å². The van der Waals surface area contributed by atoms with Gasteiger partial charge in [-0.2, -0.15) is 0 Å². The van der Waals surface area contributed by atoms with Crippen LogP contribution < -0.4 is 0 Å². The monoisotopic (exact) mass is 331 g/mol. The first kappa shape index (κ1) is 15.8. The molecule has 126 valence electrons. The van der Waals surface area contributed by atoms with Gasteiger partial charge >= 0.3 is 0 Å². The van der Waals surface area contributed by atoms with Crippen molar-refractivity contribution < 1.29 is 4.79 Å². The van der Waals surface area contributed by atoms with Gasteiger partial charge in [0.15, 0.2) is 0 Å². The first-order valence-electron chi connectivity index (χ1n) is 8.70. The summed E-state index contributed by atoms with van der Waals surface area (Å²) in [5, 5.41) is 2.28. The van der Waals surface area contributed by atoms with E-state index in [0.717, 1.165) is 49.4 Å². The molecule has 0 N–H and O–H groups in total. The molecule has 2 heterocycles. The molecule has 4 heteroatoms. The van der Waals surface area contributed by atoms with E-state index in [2.05, 4.69) is 22.0 Å². The predicted molar refractivity (Wildman–Crippen MR) is 99.4 cm³/mol. The number of pyridine rings is 1. The van der Waals surface area contributed by atoms with Gasteiger partial charge in [-0.15, -0.1) is 0 Å². The summed E-state index contributed by atoms with van der Waals surface area (Å²) >= 11 is 0. The van der Waals surface area contributed by atoms with E-state index in [4.69, 9.17) is 0 Å². The second kappa shape index (κ2) is 7.03. The van der Waals surface area contributed by atoms with Gasteiger partial charge in [-0.1, -0.05) is 36.4 Å². The third-order valence-electron chi connectivity index (χ3n) is 4.77. The fourth-order valence-electron chi connectivity index (χ4n) is 3.33. The largest absolute Gasteiger partial charge is 0.336 e. The Kier molecular flexibility index (Phi) is 4.44. The average Bonchev–Trinajstić information content (AvgIpc) is 2.68. The molecule has 4 nitrogen and oxygen atoms in total. The number of carbonyl (C=O) groups is 1. The average molecular weight is 331 g/mol. The van der Waals surface area contributed by atoms with Gasteiger partial charge in [0.2, 0.25) is 0 Å². The van der Waals surface area contributed by atoms with Crippen LogP contribution in [-0.4, -0.2) is 46.9 Å². The maximum atomic E-state index is 12.8. The summed E-state index contributed by atoms with van der Waals surface area (Å²) in [6.07, 6.45) is 1.83. The van der Waals surface area contributed by atoms with Crippen molar-refractivity contribution in [2.45, 2.75) is 6.54 Å². The number of hydrogen-bond acceptors (Lipinski definition) is 3. The molecule has 1 amide bonds. The molecule has 0 saturated carbocycles. The van der Waals surface area contributed by atoms with Crippen LogP contribution in [0.15, 0.2) is 66.9 Å². The zero-order chi connectivity index (χ0) is 17.1. The molecule has 25 heavy (non-hydrogen) atoms. The van der Waals surface area contributed by atoms with Gasteiger partial charge in [-0.25, -0.2) is 0 Å². The van der Waals surface area contributed by atoms with Gasteiger partial charge in [0.25, 0.3) is 5.91 Å². The van der Waals surface area contributed by atoms with Gasteiger partial charge in [0, 0.05) is 44.5 Å². The van der Waals surface area contributed by atoms with Crippen molar-refractivity contribution in [2.24, 2.45) is 0 Å². The second-order valence-corrected chi connectivity index (χ2v) is 6.45. The zero-order valence-corrected chi connectivity index (χ0v) is 14.1. The van der Waals surface area contributed by atoms with E-state index in [1.54, 1.807) is 0 Å². The fourth-order valence-corrected chi connectivity index (χ4v) is 3.33. The maximum absolute atomic E-state index is 12.8. The molecule has 0 aliphatic carbocycles. The molecule has 0 radical (unpaired) electrons. The maximum Gasteiger partial charge on any atom is 0.253 e. The van der Waals surface area contributed by atoms with Gasteiger partial charge in [-0.05, 0) is 35.0 Å². The summed E-state index contributed by atoms with van der Waals surface area (Å²) in [5.41, 5.74) is 1.86. The van der Waals surface area contributed by atoms with Crippen LogP contribution in [-0.2, 0) is 6.54 Å². The third kappa shape index (κ3) is 3.54. The Bertz CT molecular complexity index is 870. The number of fused-ring (bicyclic) bond motifs is 1. The first-order valence-corrected chi connectivity index (χ1v) is 8.70. The summed E-state index contributed by atoms with van der Waals surface area (Å²) in [4.78, 5) is 21.5. The molecule has 4 rings (SSSR count). The molecule has 1 aromatic heterocycles. The lowest BCUT2D eigenvalue weighted by atomic mass is 10.1. The molecular formula is C21H21N3O. The lowest BCUT2D eigenvalue weighted by Crippen LogP contribution is -2.48. The van der Waals surface area contributed by atoms with Crippen LogP contribution in [0.2, 0.25) is 0 Å². The van der Waals surface area contributed by atoms with Crippen LogP contribution in [0, 0.1) is 0 Å². The van der Waals surface area contributed by atoms with Gasteiger partial charge < -0.3 is 4.90 Å². The number of nitrogens with zero attached hydrogens (tertiary/aromatic N) is 3. The number of piperazine rings is 1. The SMILES string of the molecule is O=C(c1ccc2ccccc2c1)N1CCN(Cc2ccccn2)CC1. The van der Waals surface area contributed by atoms with Crippen molar-refractivity contribution >= 4 is 16.7 Å². The molecule has 2 aromatic carbocycles. The number of carbonyl (C=O) groups excluding carboxylic acids is 1. The van der Waals surface area contributed by atoms with Crippen LogP contribution in [0.25, 0.3) is 10.8 Å². The molecule has 1 fully saturated rings. The number of hydrogen-bond donors (Lipinski definition) is 0. The highest BCUT2D eigenvalue weighted by atomic mass is 16.2. The Morgan fingerprint density at radius 1 is 0.880 bits per heavy atom. The van der Waals surface area contributed by atoms with E-state index in [9.17, 15) is 4.79 Å². The highest BCUT2D eigenvalue weighted by molar-refractivity contribution is 5.98. The minimum absolute atomic E-state index is 0.128. The lowest BCUT2D eigenvalue weighted by Gasteiger charge is -2.34. The quantitative estimate of drug-likeness (QED) is 0.739. The summed E-state index contributed by atoms with van der Waals surface area (Å²) in [5.74, 6) is 0.128. The van der Waals surface area contributed by atoms with E-state index in [1.807, 2.05) is 59.6 Å². The Morgan fingerprint density at radius 2 is 1.64 bits per heavy atom. The smallest absolute Gasteiger partial charge is 0.253 e. The van der Waals surface area contributed by atoms with Crippen LogP contribution in [0.1, 0.15) is 16.1 Å². The Morgan fingerprint density at radius 3 is 2.40 bits per heavy atom. The van der Waals surface area contributed by atoms with Crippen LogP contribution in [0.3, 0.4) is 0 Å². The number of benzene rings is 2. The number of rotatable bonds is 3. The second-order valence-electron chi connectivity index (χ2n) is 6.45. The molecular weight excluding hydrogens is 310 g/mol. The summed E-state index contributed by atoms with van der Waals surface area (Å²) in [6, 6.07) is 20.1. The van der Waals surface area contributed by atoms with Crippen LogP contribution >= 0.6 is 0 Å². The van der Waals surface area contributed by atoms with Crippen LogP contribution in [0.5, 0.6) is 0 Å². The van der Waals surface area contributed by atoms with Crippen molar-refractivity contribution in [3.05, 3.63) is 78.1 Å². The topological polar surface area (TPSA) is 36.4 Å². The highest BCUT2D eigenvalue weighted by Gasteiger charge is 2.22. The Hall–Kier alpha value is -2.72. The van der Waals surface area contributed by atoms with Crippen molar-refractivity contribution in [1.29, 1.82) is 0 Å². The molecule has 3 aromatic rings. The highest BCUT2D eigenvalue weighted by Crippen LogP contribution is 2.18. The Balaban J connectivity index is 1.40. The molecule has 0 atom stereocenters. The van der Waals surface area contributed by atoms with E-state index >= 15 is 0 Å². The van der Waals surface area contributed by atoms with E-state index in [1.165, 1.54) is 5.39 Å². The molecule has 0 bridgehead atoms. The molecule has 0 unspecified atom stereocenters. The molecule has 1 aliphatic heterocycles. The minimum atomic E-state index is 0.128. The van der Waals surface area contributed by atoms with Gasteiger partial charge in [0.1, 0.15) is 0 Å². The molecule has 1 aliphatic rings. The number of amides is 1. The number of aromatic nitrogens is 1. The van der Waals surface area contributed by atoms with E-state index in [0.29, 0.717) is 0 Å². The van der Waals surface area contributed by atoms with Crippen molar-refractivity contribution in [2.75, 3.05) is 26.2 Å². The fraction of sp³-hybridized carbons (Fsp3) is 0.238. The molecule has 1 saturated heterocycles. The molecule has 0 spiro atoms. The van der Waals surface area contributed by atoms with Crippen molar-refractivity contribution in [3.8, 4) is 0 Å².